The van der Waals surface area contributed by atoms with Crippen LogP contribution < -0.4 is 0 Å². The molecule has 3 aliphatic rings. The van der Waals surface area contributed by atoms with Crippen molar-refractivity contribution in [1.82, 2.24) is 0 Å². The Balaban J connectivity index is 1.60. The van der Waals surface area contributed by atoms with Crippen molar-refractivity contribution in [3.8, 4) is 5.40 Å². The number of alkyl halides is 6. The summed E-state index contributed by atoms with van der Waals surface area (Å²) in [6.07, 6.45) is -11.1. The maximum atomic E-state index is 14.8. The van der Waals surface area contributed by atoms with E-state index in [4.69, 9.17) is 5.26 Å². The molecule has 30 heavy (non-hydrogen) atoms. The summed E-state index contributed by atoms with van der Waals surface area (Å²) in [5, 5.41) is 8.95. The quantitative estimate of drug-likeness (QED) is 0.347. The average molecular weight is 458 g/mol. The molecule has 0 aromatic rings. The van der Waals surface area contributed by atoms with E-state index >= 15 is 0 Å². The molecular weight excluding hydrogens is 428 g/mol. The average Bonchev–Trinajstić information content (AvgIpc) is 2.64. The summed E-state index contributed by atoms with van der Waals surface area (Å²) in [4.78, 5) is 0. The van der Waals surface area contributed by atoms with Gasteiger partial charge in [0.25, 0.3) is 0 Å². The van der Waals surface area contributed by atoms with Crippen LogP contribution in [0.3, 0.4) is 0 Å². The Bertz CT molecular complexity index is 587. The minimum Gasteiger partial charge on any atom is -0.317 e. The van der Waals surface area contributed by atoms with E-state index in [1.807, 2.05) is 0 Å². The van der Waals surface area contributed by atoms with E-state index in [2.05, 4.69) is 11.7 Å². The molecule has 4 unspecified atom stereocenters. The van der Waals surface area contributed by atoms with Crippen molar-refractivity contribution in [3.63, 3.8) is 0 Å². The number of hydrogen-bond donors (Lipinski definition) is 0. The molecule has 2 nitrogen and oxygen atoms in total. The van der Waals surface area contributed by atoms with E-state index in [-0.39, 0.29) is 24.7 Å². The van der Waals surface area contributed by atoms with Gasteiger partial charge in [-0.2, -0.15) is 14.0 Å². The molecule has 0 aliphatic heterocycles. The van der Waals surface area contributed by atoms with Gasteiger partial charge in [-0.05, 0) is 55.2 Å². The standard InChI is InChI=1S/C21H29F6NOS/c1-11-2-4-12(5-3-11)13-6-15(22)19(16(23)7-13)21(26,27)29-14-8-17(24)20(30-10-28)18(25)9-14/h11-20H,2-9H2,1H3. The maximum Gasteiger partial charge on any atom is 0.364 e. The van der Waals surface area contributed by atoms with Gasteiger partial charge < -0.3 is 4.74 Å². The van der Waals surface area contributed by atoms with Crippen LogP contribution in [0.5, 0.6) is 0 Å². The molecule has 0 N–H and O–H groups in total. The zero-order chi connectivity index (χ0) is 22.1. The predicted octanol–water partition coefficient (Wildman–Crippen LogP) is 6.55. The lowest BCUT2D eigenvalue weighted by molar-refractivity contribution is -0.321. The van der Waals surface area contributed by atoms with Crippen LogP contribution in [-0.4, -0.2) is 42.1 Å². The Morgan fingerprint density at radius 1 is 0.833 bits per heavy atom. The fourth-order valence-electron chi connectivity index (χ4n) is 5.46. The summed E-state index contributed by atoms with van der Waals surface area (Å²) >= 11 is 0.424. The molecule has 3 aliphatic carbocycles. The van der Waals surface area contributed by atoms with E-state index in [1.54, 1.807) is 5.40 Å². The summed E-state index contributed by atoms with van der Waals surface area (Å²) < 4.78 is 91.8. The smallest absolute Gasteiger partial charge is 0.317 e. The largest absolute Gasteiger partial charge is 0.364 e. The van der Waals surface area contributed by atoms with Crippen LogP contribution >= 0.6 is 11.8 Å². The van der Waals surface area contributed by atoms with Crippen LogP contribution in [0, 0.1) is 34.3 Å². The van der Waals surface area contributed by atoms with Gasteiger partial charge in [0.2, 0.25) is 0 Å². The number of rotatable bonds is 5. The van der Waals surface area contributed by atoms with E-state index in [1.165, 1.54) is 0 Å². The summed E-state index contributed by atoms with van der Waals surface area (Å²) in [5.41, 5.74) is 0. The van der Waals surface area contributed by atoms with Crippen molar-refractivity contribution in [2.45, 2.75) is 100 Å². The minimum atomic E-state index is -4.15. The first kappa shape index (κ1) is 24.0. The van der Waals surface area contributed by atoms with Gasteiger partial charge in [-0.15, -0.1) is 0 Å². The lowest BCUT2D eigenvalue weighted by Crippen LogP contribution is -2.52. The van der Waals surface area contributed by atoms with Crippen LogP contribution in [0.1, 0.15) is 58.3 Å². The normalized spacial score (nSPS) is 45.7. The van der Waals surface area contributed by atoms with Crippen LogP contribution in [0.4, 0.5) is 26.3 Å². The van der Waals surface area contributed by atoms with Gasteiger partial charge in [-0.3, -0.25) is 0 Å². The van der Waals surface area contributed by atoms with Gasteiger partial charge in [-0.1, -0.05) is 19.8 Å². The van der Waals surface area contributed by atoms with Crippen molar-refractivity contribution in [2.24, 2.45) is 23.7 Å². The van der Waals surface area contributed by atoms with Gasteiger partial charge in [0.1, 0.15) is 36.0 Å². The van der Waals surface area contributed by atoms with Crippen LogP contribution in [0.2, 0.25) is 0 Å². The second-order valence-corrected chi connectivity index (χ2v) is 10.3. The van der Waals surface area contributed by atoms with Gasteiger partial charge in [0, 0.05) is 12.8 Å². The molecule has 0 saturated heterocycles. The molecule has 0 heterocycles. The van der Waals surface area contributed by atoms with Gasteiger partial charge in [-0.25, -0.2) is 17.6 Å². The number of thiocyanates is 1. The molecule has 0 amide bonds. The van der Waals surface area contributed by atoms with E-state index in [0.717, 1.165) is 25.7 Å². The summed E-state index contributed by atoms with van der Waals surface area (Å²) in [5.74, 6) is -1.80. The molecule has 9 heteroatoms. The molecule has 172 valence electrons. The highest BCUT2D eigenvalue weighted by Gasteiger charge is 2.56. The number of nitrogens with zero attached hydrogens (tertiary/aromatic N) is 1. The molecular formula is C21H29F6NOS. The molecule has 0 radical (unpaired) electrons. The number of thioether (sulfide) groups is 1. The molecule has 0 aromatic carbocycles. The van der Waals surface area contributed by atoms with Crippen molar-refractivity contribution in [3.05, 3.63) is 0 Å². The van der Waals surface area contributed by atoms with Crippen LogP contribution in [0.15, 0.2) is 0 Å². The molecule has 4 atom stereocenters. The Morgan fingerprint density at radius 2 is 1.37 bits per heavy atom. The van der Waals surface area contributed by atoms with Crippen LogP contribution in [-0.2, 0) is 4.74 Å². The Hall–Kier alpha value is -0.620. The zero-order valence-corrected chi connectivity index (χ0v) is 17.8. The fourth-order valence-corrected chi connectivity index (χ4v) is 6.10. The monoisotopic (exact) mass is 457 g/mol. The number of nitriles is 1. The van der Waals surface area contributed by atoms with Crippen molar-refractivity contribution in [2.75, 3.05) is 0 Å². The topological polar surface area (TPSA) is 33.0 Å². The molecule has 0 aromatic heterocycles. The third kappa shape index (κ3) is 5.40. The number of halogens is 6. The molecule has 0 spiro atoms. The van der Waals surface area contributed by atoms with Gasteiger partial charge in [0.15, 0.2) is 0 Å². The van der Waals surface area contributed by atoms with Crippen molar-refractivity contribution in [1.29, 1.82) is 5.26 Å². The fraction of sp³-hybridized carbons (Fsp3) is 0.952. The lowest BCUT2D eigenvalue weighted by Gasteiger charge is -2.43. The second kappa shape index (κ2) is 9.89. The summed E-state index contributed by atoms with van der Waals surface area (Å²) in [6, 6.07) is 0. The Morgan fingerprint density at radius 3 is 1.87 bits per heavy atom. The summed E-state index contributed by atoms with van der Waals surface area (Å²) in [6.45, 7) is 2.14. The SMILES string of the molecule is CC1CCC(C2CC(F)C(C(F)(F)OC3CC(F)C(SC#N)C(F)C3)C(F)C2)CC1. The van der Waals surface area contributed by atoms with E-state index < -0.39 is 60.9 Å². The number of hydrogen-bond acceptors (Lipinski definition) is 3. The summed E-state index contributed by atoms with van der Waals surface area (Å²) in [7, 11) is 0. The molecule has 3 rings (SSSR count). The predicted molar refractivity (Wildman–Crippen MR) is 103 cm³/mol. The van der Waals surface area contributed by atoms with Gasteiger partial charge in [0.05, 0.1) is 11.4 Å². The highest BCUT2D eigenvalue weighted by atomic mass is 32.2. The van der Waals surface area contributed by atoms with Gasteiger partial charge >= 0.3 is 6.11 Å². The Labute approximate surface area is 178 Å². The second-order valence-electron chi connectivity index (χ2n) is 9.29. The highest BCUT2D eigenvalue weighted by molar-refractivity contribution is 8.04. The van der Waals surface area contributed by atoms with E-state index in [0.29, 0.717) is 17.7 Å². The molecule has 3 fully saturated rings. The molecule has 0 bridgehead atoms. The highest BCUT2D eigenvalue weighted by Crippen LogP contribution is 2.48. The maximum absolute atomic E-state index is 14.8. The molecule has 3 saturated carbocycles. The van der Waals surface area contributed by atoms with Crippen molar-refractivity contribution >= 4 is 11.8 Å². The minimum absolute atomic E-state index is 0.133. The van der Waals surface area contributed by atoms with E-state index in [9.17, 15) is 26.3 Å². The Kier molecular flexibility index (Phi) is 7.92. The van der Waals surface area contributed by atoms with Crippen LogP contribution in [0.25, 0.3) is 0 Å². The first-order valence-corrected chi connectivity index (χ1v) is 11.7. The third-order valence-corrected chi connectivity index (χ3v) is 8.12. The zero-order valence-electron chi connectivity index (χ0n) is 17.0. The number of ether oxygens (including phenoxy) is 1. The first-order valence-electron chi connectivity index (χ1n) is 10.8. The van der Waals surface area contributed by atoms with Crippen molar-refractivity contribution < 1.29 is 31.1 Å². The lowest BCUT2D eigenvalue weighted by atomic mass is 9.68. The third-order valence-electron chi connectivity index (χ3n) is 7.15. The first-order chi connectivity index (χ1) is 14.1.